The Morgan fingerprint density at radius 1 is 1.41 bits per heavy atom. The molecule has 0 spiro atoms. The highest BCUT2D eigenvalue weighted by Crippen LogP contribution is 2.29. The lowest BCUT2D eigenvalue weighted by atomic mass is 10.1. The normalized spacial score (nSPS) is 19.6. The summed E-state index contributed by atoms with van der Waals surface area (Å²) in [5, 5.41) is 0. The molecule has 0 bridgehead atoms. The number of imidazole rings is 1. The molecule has 1 saturated heterocycles. The van der Waals surface area contributed by atoms with Crippen LogP contribution in [0.4, 0.5) is 0 Å². The van der Waals surface area contributed by atoms with E-state index in [-0.39, 0.29) is 11.8 Å². The van der Waals surface area contributed by atoms with Crippen LogP contribution in [0.2, 0.25) is 0 Å². The summed E-state index contributed by atoms with van der Waals surface area (Å²) < 4.78 is 13.4. The Balaban J connectivity index is 1.32. The van der Waals surface area contributed by atoms with Crippen molar-refractivity contribution in [3.8, 4) is 0 Å². The third-order valence-corrected chi connectivity index (χ3v) is 5.52. The average molecular weight is 366 g/mol. The van der Waals surface area contributed by atoms with Gasteiger partial charge in [0, 0.05) is 32.0 Å². The van der Waals surface area contributed by atoms with Crippen LogP contribution in [-0.2, 0) is 28.9 Å². The van der Waals surface area contributed by atoms with Crippen LogP contribution in [0.3, 0.4) is 0 Å². The standard InChI is InChI=1S/C20H22N4O3/c1-13-3-2-6-24-15(10-21-19(13)24)9-18(25)23-7-4-17-16(11-23)22-20(27-17)14-5-8-26-12-14/h2-3,6,10,14H,4-5,7-9,11-12H2,1H3. The molecule has 5 heterocycles. The number of oxazole rings is 1. The van der Waals surface area contributed by atoms with Gasteiger partial charge in [0.25, 0.3) is 0 Å². The second-order valence-corrected chi connectivity index (χ2v) is 7.36. The van der Waals surface area contributed by atoms with Crippen LogP contribution in [0, 0.1) is 6.92 Å². The van der Waals surface area contributed by atoms with Crippen molar-refractivity contribution in [2.75, 3.05) is 19.8 Å². The summed E-state index contributed by atoms with van der Waals surface area (Å²) in [7, 11) is 0. The number of ether oxygens (including phenoxy) is 1. The first-order valence-electron chi connectivity index (χ1n) is 9.44. The Morgan fingerprint density at radius 3 is 3.19 bits per heavy atom. The zero-order chi connectivity index (χ0) is 18.4. The summed E-state index contributed by atoms with van der Waals surface area (Å²) in [6.45, 7) is 4.65. The number of rotatable bonds is 3. The van der Waals surface area contributed by atoms with Crippen LogP contribution in [-0.4, -0.2) is 44.9 Å². The highest BCUT2D eigenvalue weighted by atomic mass is 16.5. The van der Waals surface area contributed by atoms with Crippen molar-refractivity contribution in [2.45, 2.75) is 38.6 Å². The summed E-state index contributed by atoms with van der Waals surface area (Å²) in [6.07, 6.45) is 5.76. The lowest BCUT2D eigenvalue weighted by molar-refractivity contribution is -0.131. The monoisotopic (exact) mass is 366 g/mol. The maximum absolute atomic E-state index is 12.9. The fraction of sp³-hybridized carbons (Fsp3) is 0.450. The van der Waals surface area contributed by atoms with Crippen LogP contribution >= 0.6 is 0 Å². The van der Waals surface area contributed by atoms with Crippen molar-refractivity contribution >= 4 is 11.6 Å². The Hall–Kier alpha value is -2.67. The van der Waals surface area contributed by atoms with Crippen molar-refractivity contribution < 1.29 is 13.9 Å². The molecular formula is C20H22N4O3. The molecule has 0 radical (unpaired) electrons. The Kier molecular flexibility index (Phi) is 3.97. The highest BCUT2D eigenvalue weighted by molar-refractivity contribution is 5.79. The SMILES string of the molecule is Cc1cccn2c(CC(=O)N3CCc4oc(C5CCOC5)nc4C3)cnc12. The molecule has 0 N–H and O–H groups in total. The predicted molar refractivity (Wildman–Crippen MR) is 97.4 cm³/mol. The average Bonchev–Trinajstić information content (AvgIpc) is 3.41. The van der Waals surface area contributed by atoms with Gasteiger partial charge in [0.1, 0.15) is 17.1 Å². The number of carbonyl (C=O) groups is 1. The molecule has 3 aromatic heterocycles. The topological polar surface area (TPSA) is 72.9 Å². The van der Waals surface area contributed by atoms with E-state index in [1.165, 1.54) is 0 Å². The van der Waals surface area contributed by atoms with E-state index < -0.39 is 0 Å². The number of pyridine rings is 1. The molecule has 27 heavy (non-hydrogen) atoms. The molecule has 1 atom stereocenters. The van der Waals surface area contributed by atoms with Crippen LogP contribution in [0.1, 0.15) is 40.9 Å². The number of carbonyl (C=O) groups excluding carboxylic acids is 1. The van der Waals surface area contributed by atoms with Gasteiger partial charge in [-0.05, 0) is 25.0 Å². The van der Waals surface area contributed by atoms with E-state index in [1.54, 1.807) is 6.20 Å². The van der Waals surface area contributed by atoms with Crippen molar-refractivity contribution in [1.82, 2.24) is 19.3 Å². The van der Waals surface area contributed by atoms with Gasteiger partial charge < -0.3 is 18.5 Å². The molecule has 140 valence electrons. The summed E-state index contributed by atoms with van der Waals surface area (Å²) in [5.74, 6) is 2.04. The van der Waals surface area contributed by atoms with Crippen molar-refractivity contribution in [1.29, 1.82) is 0 Å². The molecule has 1 unspecified atom stereocenters. The molecule has 3 aromatic rings. The van der Waals surface area contributed by atoms with Gasteiger partial charge in [-0.3, -0.25) is 4.79 Å². The molecule has 7 nitrogen and oxygen atoms in total. The van der Waals surface area contributed by atoms with E-state index in [9.17, 15) is 4.79 Å². The maximum atomic E-state index is 12.9. The number of hydrogen-bond acceptors (Lipinski definition) is 5. The minimum atomic E-state index is 0.0951. The summed E-state index contributed by atoms with van der Waals surface area (Å²) in [6, 6.07) is 4.01. The van der Waals surface area contributed by atoms with Gasteiger partial charge >= 0.3 is 0 Å². The van der Waals surface area contributed by atoms with Gasteiger partial charge in [0.05, 0.1) is 31.2 Å². The van der Waals surface area contributed by atoms with Gasteiger partial charge in [-0.15, -0.1) is 0 Å². The third kappa shape index (κ3) is 2.92. The Morgan fingerprint density at radius 2 is 2.33 bits per heavy atom. The summed E-state index contributed by atoms with van der Waals surface area (Å²) in [5.41, 5.74) is 3.81. The van der Waals surface area contributed by atoms with Gasteiger partial charge in [0.15, 0.2) is 5.89 Å². The molecule has 1 amide bonds. The molecule has 1 fully saturated rings. The van der Waals surface area contributed by atoms with Gasteiger partial charge in [-0.2, -0.15) is 0 Å². The zero-order valence-electron chi connectivity index (χ0n) is 15.4. The largest absolute Gasteiger partial charge is 0.445 e. The Labute approximate surface area is 157 Å². The maximum Gasteiger partial charge on any atom is 0.228 e. The number of nitrogens with zero attached hydrogens (tertiary/aromatic N) is 4. The first kappa shape index (κ1) is 16.5. The summed E-state index contributed by atoms with van der Waals surface area (Å²) >= 11 is 0. The minimum Gasteiger partial charge on any atom is -0.445 e. The van der Waals surface area contributed by atoms with Crippen LogP contribution in [0.25, 0.3) is 5.65 Å². The number of hydrogen-bond donors (Lipinski definition) is 0. The first-order valence-corrected chi connectivity index (χ1v) is 9.44. The van der Waals surface area contributed by atoms with Gasteiger partial charge in [-0.1, -0.05) is 6.07 Å². The van der Waals surface area contributed by atoms with E-state index in [2.05, 4.69) is 9.97 Å². The molecule has 2 aliphatic rings. The molecule has 5 rings (SSSR count). The van der Waals surface area contributed by atoms with Gasteiger partial charge in [0.2, 0.25) is 5.91 Å². The number of aromatic nitrogens is 3. The van der Waals surface area contributed by atoms with Crippen LogP contribution < -0.4 is 0 Å². The van der Waals surface area contributed by atoms with E-state index in [4.69, 9.17) is 9.15 Å². The smallest absolute Gasteiger partial charge is 0.228 e. The zero-order valence-corrected chi connectivity index (χ0v) is 15.4. The van der Waals surface area contributed by atoms with Crippen molar-refractivity contribution in [3.05, 3.63) is 53.1 Å². The van der Waals surface area contributed by atoms with E-state index >= 15 is 0 Å². The lowest BCUT2D eigenvalue weighted by Crippen LogP contribution is -2.37. The molecular weight excluding hydrogens is 344 g/mol. The first-order chi connectivity index (χ1) is 13.2. The fourth-order valence-electron chi connectivity index (χ4n) is 3.94. The van der Waals surface area contributed by atoms with E-state index in [0.29, 0.717) is 32.5 Å². The number of fused-ring (bicyclic) bond motifs is 2. The molecule has 2 aliphatic heterocycles. The van der Waals surface area contributed by atoms with E-state index in [0.717, 1.165) is 47.3 Å². The number of amides is 1. The van der Waals surface area contributed by atoms with Crippen molar-refractivity contribution in [2.24, 2.45) is 0 Å². The highest BCUT2D eigenvalue weighted by Gasteiger charge is 2.29. The lowest BCUT2D eigenvalue weighted by Gasteiger charge is -2.25. The van der Waals surface area contributed by atoms with Crippen LogP contribution in [0.5, 0.6) is 0 Å². The second kappa shape index (κ2) is 6.49. The molecule has 0 aromatic carbocycles. The van der Waals surface area contributed by atoms with Crippen molar-refractivity contribution in [3.63, 3.8) is 0 Å². The van der Waals surface area contributed by atoms with E-state index in [1.807, 2.05) is 34.6 Å². The van der Waals surface area contributed by atoms with Crippen LogP contribution in [0.15, 0.2) is 28.9 Å². The molecule has 0 saturated carbocycles. The quantitative estimate of drug-likeness (QED) is 0.711. The molecule has 0 aliphatic carbocycles. The second-order valence-electron chi connectivity index (χ2n) is 7.36. The summed E-state index contributed by atoms with van der Waals surface area (Å²) in [4.78, 5) is 23.9. The Bertz CT molecular complexity index is 1000. The minimum absolute atomic E-state index is 0.0951. The fourth-order valence-corrected chi connectivity index (χ4v) is 3.94. The third-order valence-electron chi connectivity index (χ3n) is 5.52. The number of aryl methyl sites for hydroxylation is 1. The van der Waals surface area contributed by atoms with Gasteiger partial charge in [-0.25, -0.2) is 9.97 Å². The molecule has 7 heteroatoms. The predicted octanol–water partition coefficient (Wildman–Crippen LogP) is 2.26.